The minimum absolute atomic E-state index is 0.495. The predicted octanol–water partition coefficient (Wildman–Crippen LogP) is 6.54. The van der Waals surface area contributed by atoms with Gasteiger partial charge >= 0.3 is 18.0 Å². The summed E-state index contributed by atoms with van der Waals surface area (Å²) < 4.78 is 94.9. The number of amides is 1. The highest BCUT2D eigenvalue weighted by molar-refractivity contribution is 5.84. The summed E-state index contributed by atoms with van der Waals surface area (Å²) in [4.78, 5) is 45.2. The second kappa shape index (κ2) is 12.5. The van der Waals surface area contributed by atoms with Crippen LogP contribution in [0.3, 0.4) is 0 Å². The number of carbonyl (C=O) groups excluding carboxylic acids is 3. The summed E-state index contributed by atoms with van der Waals surface area (Å²) in [6.07, 6.45) is -1.27. The zero-order valence-electron chi connectivity index (χ0n) is 22.7. The first-order valence-electron chi connectivity index (χ1n) is 12.3. The normalized spacial score (nSPS) is 13.5. The molecule has 0 bridgehead atoms. The van der Waals surface area contributed by atoms with Gasteiger partial charge < -0.3 is 10.1 Å². The van der Waals surface area contributed by atoms with Crippen LogP contribution in [0.1, 0.15) is 44.7 Å². The van der Waals surface area contributed by atoms with Crippen LogP contribution < -0.4 is 5.32 Å². The molecule has 3 aromatic rings. The van der Waals surface area contributed by atoms with E-state index < -0.39 is 82.0 Å². The van der Waals surface area contributed by atoms with Crippen molar-refractivity contribution in [3.63, 3.8) is 0 Å². The third-order valence-corrected chi connectivity index (χ3v) is 5.87. The van der Waals surface area contributed by atoms with Gasteiger partial charge in [0.1, 0.15) is 5.60 Å². The van der Waals surface area contributed by atoms with Crippen LogP contribution >= 0.6 is 0 Å². The number of rotatable bonds is 7. The number of alkyl halides is 1. The number of benzene rings is 3. The molecule has 1 amide bonds. The number of halogens is 6. The average Bonchev–Trinajstić information content (AvgIpc) is 2.94. The average molecular weight is 598 g/mol. The van der Waals surface area contributed by atoms with Gasteiger partial charge in [0.05, 0.1) is 5.92 Å². The van der Waals surface area contributed by atoms with E-state index in [4.69, 9.17) is 4.74 Å². The van der Waals surface area contributed by atoms with Crippen LogP contribution in [0.15, 0.2) is 54.6 Å². The molecule has 0 aliphatic carbocycles. The maximum absolute atomic E-state index is 17.2. The summed E-state index contributed by atoms with van der Waals surface area (Å²) in [5.41, 5.74) is -6.26. The molecule has 0 fully saturated rings. The first-order valence-corrected chi connectivity index (χ1v) is 12.3. The van der Waals surface area contributed by atoms with E-state index in [1.165, 1.54) is 32.9 Å². The van der Waals surface area contributed by atoms with Crippen LogP contribution in [0.4, 0.5) is 31.1 Å². The monoisotopic (exact) mass is 597 g/mol. The van der Waals surface area contributed by atoms with Gasteiger partial charge in [0.15, 0.2) is 23.3 Å². The van der Waals surface area contributed by atoms with Gasteiger partial charge in [-0.2, -0.15) is 0 Å². The molecule has 0 aliphatic heterocycles. The molecule has 0 saturated heterocycles. The second-order valence-corrected chi connectivity index (χ2v) is 10.0. The Labute approximate surface area is 236 Å². The highest BCUT2D eigenvalue weighted by atomic mass is 19.2. The molecule has 1 N–H and O–H groups in total. The summed E-state index contributed by atoms with van der Waals surface area (Å²) in [5.74, 6) is -18.3. The van der Waals surface area contributed by atoms with Crippen molar-refractivity contribution in [1.82, 2.24) is 5.32 Å². The number of alkyl carbamates (subject to hydrolysis) is 1. The quantitative estimate of drug-likeness (QED) is 0.109. The lowest BCUT2D eigenvalue weighted by Gasteiger charge is -2.32. The van der Waals surface area contributed by atoms with Crippen LogP contribution in [0.5, 0.6) is 0 Å². The largest absolute Gasteiger partial charge is 0.444 e. The lowest BCUT2D eigenvalue weighted by atomic mass is 9.77. The van der Waals surface area contributed by atoms with Crippen molar-refractivity contribution < 1.29 is 55.2 Å². The highest BCUT2D eigenvalue weighted by Gasteiger charge is 2.54. The van der Waals surface area contributed by atoms with Gasteiger partial charge in [-0.1, -0.05) is 54.6 Å². The Bertz CT molecular complexity index is 1450. The van der Waals surface area contributed by atoms with E-state index in [0.29, 0.717) is 11.1 Å². The third kappa shape index (κ3) is 6.84. The van der Waals surface area contributed by atoms with E-state index in [1.54, 1.807) is 30.3 Å². The van der Waals surface area contributed by atoms with Crippen molar-refractivity contribution in [2.24, 2.45) is 0 Å². The number of carbonyl (C=O) groups is 3. The molecule has 0 radical (unpaired) electrons. The maximum atomic E-state index is 17.2. The van der Waals surface area contributed by atoms with Crippen LogP contribution in [0.2, 0.25) is 0 Å². The standard InChI is InChI=1S/C29H25F6NO6/c1-15(37)41-42-26(38)29(35,18-12-10-17(11-13-18)16-8-6-5-7-9-16)19(14-36-27(39)40-28(2,3)4)20-21(30)23(32)25(34)24(33)22(20)31/h5-13,19H,14H2,1-4H3,(H,36,39). The van der Waals surface area contributed by atoms with Crippen molar-refractivity contribution in [3.05, 3.63) is 94.8 Å². The number of hydrogen-bond donors (Lipinski definition) is 1. The molecular formula is C29H25F6NO6. The van der Waals surface area contributed by atoms with E-state index in [-0.39, 0.29) is 0 Å². The van der Waals surface area contributed by atoms with E-state index >= 15 is 13.2 Å². The fourth-order valence-corrected chi connectivity index (χ4v) is 4.02. The van der Waals surface area contributed by atoms with Gasteiger partial charge in [-0.15, -0.1) is 0 Å². The second-order valence-electron chi connectivity index (χ2n) is 10.0. The smallest absolute Gasteiger partial charge is 0.407 e. The molecule has 7 nitrogen and oxygen atoms in total. The van der Waals surface area contributed by atoms with Crippen molar-refractivity contribution in [2.75, 3.05) is 6.54 Å². The summed E-state index contributed by atoms with van der Waals surface area (Å²) in [5, 5.41) is 1.99. The molecule has 3 rings (SSSR count). The Morgan fingerprint density at radius 1 is 0.762 bits per heavy atom. The van der Waals surface area contributed by atoms with Crippen LogP contribution in [-0.2, 0) is 29.8 Å². The Morgan fingerprint density at radius 3 is 1.76 bits per heavy atom. The Balaban J connectivity index is 2.25. The maximum Gasteiger partial charge on any atom is 0.407 e. The molecule has 3 aromatic carbocycles. The first-order chi connectivity index (χ1) is 19.6. The minimum Gasteiger partial charge on any atom is -0.444 e. The van der Waals surface area contributed by atoms with Gasteiger partial charge in [0.25, 0.3) is 0 Å². The summed E-state index contributed by atoms with van der Waals surface area (Å²) >= 11 is 0. The molecule has 224 valence electrons. The van der Waals surface area contributed by atoms with Crippen molar-refractivity contribution in [3.8, 4) is 11.1 Å². The van der Waals surface area contributed by atoms with Gasteiger partial charge in [0.2, 0.25) is 11.5 Å². The molecular weight excluding hydrogens is 572 g/mol. The zero-order valence-corrected chi connectivity index (χ0v) is 22.7. The topological polar surface area (TPSA) is 90.9 Å². The zero-order chi connectivity index (χ0) is 31.4. The van der Waals surface area contributed by atoms with E-state index in [1.807, 2.05) is 5.32 Å². The van der Waals surface area contributed by atoms with E-state index in [9.17, 15) is 27.6 Å². The highest BCUT2D eigenvalue weighted by Crippen LogP contribution is 2.45. The number of nitrogens with one attached hydrogen (secondary N) is 1. The molecule has 42 heavy (non-hydrogen) atoms. The minimum atomic E-state index is -3.82. The van der Waals surface area contributed by atoms with E-state index in [0.717, 1.165) is 19.1 Å². The summed E-state index contributed by atoms with van der Waals surface area (Å²) in [6, 6.07) is 13.2. The fraction of sp³-hybridized carbons (Fsp3) is 0.276. The molecule has 2 unspecified atom stereocenters. The Hall–Kier alpha value is -4.55. The molecule has 0 aromatic heterocycles. The molecule has 2 atom stereocenters. The lowest BCUT2D eigenvalue weighted by Crippen LogP contribution is -2.46. The first kappa shape index (κ1) is 32.0. The van der Waals surface area contributed by atoms with E-state index in [2.05, 4.69) is 9.78 Å². The van der Waals surface area contributed by atoms with Gasteiger partial charge in [-0.3, -0.25) is 0 Å². The number of ether oxygens (including phenoxy) is 1. The molecule has 0 saturated carbocycles. The molecule has 0 heterocycles. The van der Waals surface area contributed by atoms with Gasteiger partial charge in [0, 0.05) is 24.6 Å². The summed E-state index contributed by atoms with van der Waals surface area (Å²) in [7, 11) is 0. The molecule has 13 heteroatoms. The molecule has 0 aliphatic rings. The summed E-state index contributed by atoms with van der Waals surface area (Å²) in [6.45, 7) is 3.90. The molecule has 0 spiro atoms. The van der Waals surface area contributed by atoms with Crippen molar-refractivity contribution in [1.29, 1.82) is 0 Å². The van der Waals surface area contributed by atoms with Crippen LogP contribution in [0, 0.1) is 29.1 Å². The SMILES string of the molecule is CC(=O)OOC(=O)C(F)(c1ccc(-c2ccccc2)cc1)C(CNC(=O)OC(C)(C)C)c1c(F)c(F)c(F)c(F)c1F. The van der Waals surface area contributed by atoms with Gasteiger partial charge in [-0.25, -0.2) is 50.5 Å². The van der Waals surface area contributed by atoms with Crippen molar-refractivity contribution in [2.45, 2.75) is 44.9 Å². The van der Waals surface area contributed by atoms with Gasteiger partial charge in [-0.05, 0) is 31.9 Å². The lowest BCUT2D eigenvalue weighted by molar-refractivity contribution is -0.267. The van der Waals surface area contributed by atoms with Crippen molar-refractivity contribution >= 4 is 18.0 Å². The van der Waals surface area contributed by atoms with Crippen LogP contribution in [-0.4, -0.2) is 30.2 Å². The Morgan fingerprint density at radius 2 is 1.26 bits per heavy atom. The van der Waals surface area contributed by atoms with Crippen LogP contribution in [0.25, 0.3) is 11.1 Å². The third-order valence-electron chi connectivity index (χ3n) is 5.87. The predicted molar refractivity (Wildman–Crippen MR) is 136 cm³/mol. The Kier molecular flexibility index (Phi) is 9.54. The number of hydrogen-bond acceptors (Lipinski definition) is 6. The fourth-order valence-electron chi connectivity index (χ4n) is 4.02.